The molecule has 0 aliphatic heterocycles. The van der Waals surface area contributed by atoms with Crippen LogP contribution in [0.25, 0.3) is 22.3 Å². The van der Waals surface area contributed by atoms with Gasteiger partial charge in [-0.05, 0) is 71.5 Å². The van der Waals surface area contributed by atoms with Gasteiger partial charge in [0.25, 0.3) is 0 Å². The van der Waals surface area contributed by atoms with Crippen molar-refractivity contribution < 1.29 is 29.2 Å². The molecule has 0 fully saturated rings. The lowest BCUT2D eigenvalue weighted by Gasteiger charge is -2.10. The predicted molar refractivity (Wildman–Crippen MR) is 158 cm³/mol. The van der Waals surface area contributed by atoms with Crippen LogP contribution in [-0.2, 0) is 9.47 Å². The summed E-state index contributed by atoms with van der Waals surface area (Å²) in [6.07, 6.45) is -0.925. The smallest absolute Gasteiger partial charge is 0.119 e. The standard InChI is InChI=1S/C34H38O6/c1-25(35)27-3-7-29(8-4-27)31-11-15-33(16-12-31)39-23-21-37-19-20-38-22-24-40-34-17-13-32(14-18-34)30-9-5-28(6-10-30)26(2)36/h3-18,25-26,35-36H,19-24H2,1-2H3. The Morgan fingerprint density at radius 3 is 1.00 bits per heavy atom. The molecule has 6 heteroatoms. The lowest BCUT2D eigenvalue weighted by molar-refractivity contribution is 0.0273. The second kappa shape index (κ2) is 15.2. The Kier molecular flexibility index (Phi) is 11.1. The minimum Gasteiger partial charge on any atom is -0.491 e. The lowest BCUT2D eigenvalue weighted by Crippen LogP contribution is -2.13. The molecular weight excluding hydrogens is 504 g/mol. The second-order valence-corrected chi connectivity index (χ2v) is 9.57. The molecule has 2 unspecified atom stereocenters. The molecule has 0 saturated heterocycles. The molecule has 0 aromatic heterocycles. The van der Waals surface area contributed by atoms with Crippen LogP contribution < -0.4 is 9.47 Å². The zero-order chi connectivity index (χ0) is 28.2. The monoisotopic (exact) mass is 542 g/mol. The molecule has 0 amide bonds. The number of ether oxygens (including phenoxy) is 4. The Morgan fingerprint density at radius 1 is 0.425 bits per heavy atom. The molecule has 40 heavy (non-hydrogen) atoms. The van der Waals surface area contributed by atoms with E-state index in [2.05, 4.69) is 0 Å². The molecule has 0 bridgehead atoms. The van der Waals surface area contributed by atoms with E-state index in [0.717, 1.165) is 44.9 Å². The van der Waals surface area contributed by atoms with Gasteiger partial charge in [-0.15, -0.1) is 0 Å². The molecule has 0 radical (unpaired) electrons. The van der Waals surface area contributed by atoms with E-state index in [9.17, 15) is 10.2 Å². The van der Waals surface area contributed by atoms with E-state index in [4.69, 9.17) is 18.9 Å². The van der Waals surface area contributed by atoms with Gasteiger partial charge in [0.05, 0.1) is 38.6 Å². The fourth-order valence-corrected chi connectivity index (χ4v) is 4.15. The summed E-state index contributed by atoms with van der Waals surface area (Å²) in [5.41, 5.74) is 6.19. The highest BCUT2D eigenvalue weighted by Crippen LogP contribution is 2.25. The quantitative estimate of drug-likeness (QED) is 0.165. The molecule has 0 saturated carbocycles. The zero-order valence-electron chi connectivity index (χ0n) is 23.2. The number of rotatable bonds is 15. The van der Waals surface area contributed by atoms with Gasteiger partial charge >= 0.3 is 0 Å². The van der Waals surface area contributed by atoms with Crippen LogP contribution in [0.3, 0.4) is 0 Å². The minimum absolute atomic E-state index is 0.462. The van der Waals surface area contributed by atoms with Crippen LogP contribution in [0.4, 0.5) is 0 Å². The fraction of sp³-hybridized carbons (Fsp3) is 0.294. The zero-order valence-corrected chi connectivity index (χ0v) is 23.2. The molecule has 4 rings (SSSR count). The number of hydrogen-bond donors (Lipinski definition) is 2. The maximum Gasteiger partial charge on any atom is 0.119 e. The number of aliphatic hydroxyl groups excluding tert-OH is 2. The van der Waals surface area contributed by atoms with E-state index in [-0.39, 0.29) is 0 Å². The van der Waals surface area contributed by atoms with Crippen molar-refractivity contribution in [3.63, 3.8) is 0 Å². The van der Waals surface area contributed by atoms with Crippen LogP contribution in [0, 0.1) is 0 Å². The van der Waals surface area contributed by atoms with E-state index in [1.165, 1.54) is 0 Å². The maximum atomic E-state index is 9.65. The first-order chi connectivity index (χ1) is 19.5. The Hall–Kier alpha value is -3.68. The highest BCUT2D eigenvalue weighted by Gasteiger charge is 2.04. The summed E-state index contributed by atoms with van der Waals surface area (Å²) in [5.74, 6) is 1.59. The highest BCUT2D eigenvalue weighted by atomic mass is 16.6. The van der Waals surface area contributed by atoms with Crippen molar-refractivity contribution in [3.8, 4) is 33.8 Å². The fourth-order valence-electron chi connectivity index (χ4n) is 4.15. The van der Waals surface area contributed by atoms with Crippen LogP contribution in [0.2, 0.25) is 0 Å². The van der Waals surface area contributed by atoms with Gasteiger partial charge in [0.1, 0.15) is 24.7 Å². The number of benzene rings is 4. The van der Waals surface area contributed by atoms with Gasteiger partial charge in [0.2, 0.25) is 0 Å². The number of hydrogen-bond acceptors (Lipinski definition) is 6. The van der Waals surface area contributed by atoms with E-state index < -0.39 is 12.2 Å². The van der Waals surface area contributed by atoms with Crippen LogP contribution in [0.5, 0.6) is 11.5 Å². The predicted octanol–water partition coefficient (Wildman–Crippen LogP) is 6.62. The van der Waals surface area contributed by atoms with Crippen LogP contribution >= 0.6 is 0 Å². The Balaban J connectivity index is 1.04. The first-order valence-electron chi connectivity index (χ1n) is 13.7. The minimum atomic E-state index is -0.462. The largest absolute Gasteiger partial charge is 0.491 e. The Bertz CT molecular complexity index is 1160. The molecule has 210 valence electrons. The average Bonchev–Trinajstić information content (AvgIpc) is 2.99. The van der Waals surface area contributed by atoms with Crippen molar-refractivity contribution in [3.05, 3.63) is 108 Å². The van der Waals surface area contributed by atoms with Crippen molar-refractivity contribution in [2.75, 3.05) is 39.6 Å². The molecule has 0 aliphatic rings. The first kappa shape index (κ1) is 29.3. The molecule has 2 atom stereocenters. The van der Waals surface area contributed by atoms with Crippen molar-refractivity contribution in [1.82, 2.24) is 0 Å². The summed E-state index contributed by atoms with van der Waals surface area (Å²) >= 11 is 0. The topological polar surface area (TPSA) is 77.4 Å². The van der Waals surface area contributed by atoms with Crippen molar-refractivity contribution in [1.29, 1.82) is 0 Å². The Labute approximate surface area is 236 Å². The summed E-state index contributed by atoms with van der Waals surface area (Å²) in [6.45, 7) is 6.40. The molecule has 4 aromatic rings. The molecule has 0 aliphatic carbocycles. The van der Waals surface area contributed by atoms with E-state index >= 15 is 0 Å². The second-order valence-electron chi connectivity index (χ2n) is 9.57. The molecule has 2 N–H and O–H groups in total. The van der Waals surface area contributed by atoms with Crippen LogP contribution in [-0.4, -0.2) is 49.9 Å². The molecule has 6 nitrogen and oxygen atoms in total. The van der Waals surface area contributed by atoms with Gasteiger partial charge in [-0.1, -0.05) is 72.8 Å². The normalized spacial score (nSPS) is 12.6. The van der Waals surface area contributed by atoms with Gasteiger partial charge < -0.3 is 29.2 Å². The highest BCUT2D eigenvalue weighted by molar-refractivity contribution is 5.65. The first-order valence-corrected chi connectivity index (χ1v) is 13.7. The summed E-state index contributed by atoms with van der Waals surface area (Å²) in [7, 11) is 0. The molecule has 0 spiro atoms. The van der Waals surface area contributed by atoms with Gasteiger partial charge in [-0.25, -0.2) is 0 Å². The molecular formula is C34H38O6. The van der Waals surface area contributed by atoms with Gasteiger partial charge in [0, 0.05) is 0 Å². The average molecular weight is 543 g/mol. The summed E-state index contributed by atoms with van der Waals surface area (Å²) in [6, 6.07) is 31.7. The van der Waals surface area contributed by atoms with Gasteiger partial charge in [0.15, 0.2) is 0 Å². The van der Waals surface area contributed by atoms with Crippen LogP contribution in [0.1, 0.15) is 37.2 Å². The van der Waals surface area contributed by atoms with Crippen molar-refractivity contribution in [2.45, 2.75) is 26.1 Å². The Morgan fingerprint density at radius 2 is 0.700 bits per heavy atom. The third-order valence-electron chi connectivity index (χ3n) is 6.53. The number of aliphatic hydroxyl groups is 2. The summed E-state index contributed by atoms with van der Waals surface area (Å²) in [4.78, 5) is 0. The molecule has 0 heterocycles. The van der Waals surface area contributed by atoms with E-state index in [0.29, 0.717) is 39.6 Å². The van der Waals surface area contributed by atoms with E-state index in [1.54, 1.807) is 13.8 Å². The maximum absolute atomic E-state index is 9.65. The van der Waals surface area contributed by atoms with E-state index in [1.807, 2.05) is 97.1 Å². The lowest BCUT2D eigenvalue weighted by atomic mass is 10.0. The third kappa shape index (κ3) is 8.93. The van der Waals surface area contributed by atoms with Gasteiger partial charge in [-0.3, -0.25) is 0 Å². The van der Waals surface area contributed by atoms with Crippen molar-refractivity contribution >= 4 is 0 Å². The van der Waals surface area contributed by atoms with Gasteiger partial charge in [-0.2, -0.15) is 0 Å². The summed E-state index contributed by atoms with van der Waals surface area (Å²) < 4.78 is 22.7. The summed E-state index contributed by atoms with van der Waals surface area (Å²) in [5, 5.41) is 19.3. The SMILES string of the molecule is CC(O)c1ccc(-c2ccc(OCCOCCOCCOc3ccc(-c4ccc(C(C)O)cc4)cc3)cc2)cc1. The van der Waals surface area contributed by atoms with Crippen molar-refractivity contribution in [2.24, 2.45) is 0 Å². The third-order valence-corrected chi connectivity index (χ3v) is 6.53. The van der Waals surface area contributed by atoms with Crippen LogP contribution in [0.15, 0.2) is 97.1 Å². The molecule has 4 aromatic carbocycles.